The first-order valence-electron chi connectivity index (χ1n) is 7.71. The number of carbonyl (C=O) groups is 3. The van der Waals surface area contributed by atoms with Crippen LogP contribution in [-0.4, -0.2) is 46.7 Å². The number of anilines is 1. The third kappa shape index (κ3) is 2.65. The Hall–Kier alpha value is -2.19. The summed E-state index contributed by atoms with van der Waals surface area (Å²) in [6, 6.07) is 6.49. The summed E-state index contributed by atoms with van der Waals surface area (Å²) in [4.78, 5) is 40.6. The molecule has 1 aromatic carbocycles. The van der Waals surface area contributed by atoms with Gasteiger partial charge in [-0.1, -0.05) is 42.2 Å². The monoisotopic (exact) mass is 376 g/mol. The topological polar surface area (TPSA) is 66.9 Å². The van der Waals surface area contributed by atoms with Crippen LogP contribution in [0, 0.1) is 0 Å². The molecule has 0 N–H and O–H groups in total. The lowest BCUT2D eigenvalue weighted by Crippen LogP contribution is -2.42. The molecule has 25 heavy (non-hydrogen) atoms. The van der Waals surface area contributed by atoms with Gasteiger partial charge in [-0.05, 0) is 19.9 Å². The van der Waals surface area contributed by atoms with Gasteiger partial charge in [-0.3, -0.25) is 14.5 Å². The van der Waals surface area contributed by atoms with Crippen LogP contribution in [0.2, 0.25) is 0 Å². The molecule has 0 spiro atoms. The summed E-state index contributed by atoms with van der Waals surface area (Å²) in [5, 5.41) is 0. The molecule has 0 bridgehead atoms. The van der Waals surface area contributed by atoms with Gasteiger partial charge in [0.1, 0.15) is 10.4 Å². The second-order valence-corrected chi connectivity index (χ2v) is 7.16. The zero-order valence-corrected chi connectivity index (χ0v) is 15.6. The lowest BCUT2D eigenvalue weighted by molar-refractivity contribution is -0.147. The largest absolute Gasteiger partial charge is 0.467 e. The van der Waals surface area contributed by atoms with Gasteiger partial charge in [-0.15, -0.1) is 0 Å². The van der Waals surface area contributed by atoms with Crippen molar-refractivity contribution in [1.82, 2.24) is 4.90 Å². The first-order chi connectivity index (χ1) is 11.9. The maximum atomic E-state index is 12.9. The van der Waals surface area contributed by atoms with Crippen molar-refractivity contribution in [3.05, 3.63) is 34.7 Å². The van der Waals surface area contributed by atoms with Gasteiger partial charge < -0.3 is 9.64 Å². The van der Waals surface area contributed by atoms with E-state index in [1.165, 1.54) is 12.0 Å². The number of esters is 1. The van der Waals surface area contributed by atoms with Crippen LogP contribution in [0.25, 0.3) is 5.57 Å². The number of benzene rings is 1. The van der Waals surface area contributed by atoms with Gasteiger partial charge in [0.05, 0.1) is 23.3 Å². The van der Waals surface area contributed by atoms with E-state index in [0.717, 1.165) is 17.4 Å². The average Bonchev–Trinajstić information content (AvgIpc) is 3.05. The quantitative estimate of drug-likeness (QED) is 0.458. The van der Waals surface area contributed by atoms with Crippen molar-refractivity contribution in [2.45, 2.75) is 19.9 Å². The number of likely N-dealkylation sites (N-methyl/N-ethyl adjacent to an activating group) is 1. The number of thiocarbonyl (C=S) groups is 1. The molecule has 1 atom stereocenters. The molecule has 0 aliphatic carbocycles. The summed E-state index contributed by atoms with van der Waals surface area (Å²) in [7, 11) is 1.25. The molecule has 8 heteroatoms. The fourth-order valence-corrected chi connectivity index (χ4v) is 4.44. The summed E-state index contributed by atoms with van der Waals surface area (Å²) < 4.78 is 4.94. The van der Waals surface area contributed by atoms with Crippen molar-refractivity contribution in [3.8, 4) is 0 Å². The lowest BCUT2D eigenvalue weighted by atomic mass is 10.1. The van der Waals surface area contributed by atoms with Crippen LogP contribution in [0.1, 0.15) is 19.4 Å². The number of hydrogen-bond donors (Lipinski definition) is 0. The summed E-state index contributed by atoms with van der Waals surface area (Å²) in [5.41, 5.74) is 1.83. The van der Waals surface area contributed by atoms with Crippen LogP contribution >= 0.6 is 24.0 Å². The van der Waals surface area contributed by atoms with Gasteiger partial charge in [-0.25, -0.2) is 4.79 Å². The zero-order chi connectivity index (χ0) is 18.3. The second-order valence-electron chi connectivity index (χ2n) is 5.51. The van der Waals surface area contributed by atoms with Crippen LogP contribution in [0.3, 0.4) is 0 Å². The summed E-state index contributed by atoms with van der Waals surface area (Å²) in [5.74, 6) is -1.23. The second kappa shape index (κ2) is 6.61. The molecule has 2 aliphatic rings. The number of thioether (sulfide) groups is 1. The number of para-hydroxylation sites is 1. The van der Waals surface area contributed by atoms with Crippen molar-refractivity contribution in [1.29, 1.82) is 0 Å². The number of amides is 2. The standard InChI is InChI=1S/C17H16N2O4S2/c1-4-18-11-8-6-5-7-10(11)12(14(18)20)13-15(21)19(17(24)25-13)9(2)16(22)23-3/h5-9H,4H2,1-3H3. The van der Waals surface area contributed by atoms with Crippen molar-refractivity contribution in [2.75, 3.05) is 18.6 Å². The highest BCUT2D eigenvalue weighted by Gasteiger charge is 2.44. The van der Waals surface area contributed by atoms with E-state index in [-0.39, 0.29) is 15.1 Å². The Morgan fingerprint density at radius 1 is 1.28 bits per heavy atom. The molecular formula is C17H16N2O4S2. The smallest absolute Gasteiger partial charge is 0.328 e. The molecule has 1 unspecified atom stereocenters. The number of methoxy groups -OCH3 is 1. The number of rotatable bonds is 3. The third-order valence-corrected chi connectivity index (χ3v) is 5.60. The Morgan fingerprint density at radius 3 is 2.60 bits per heavy atom. The third-order valence-electron chi connectivity index (χ3n) is 4.20. The van der Waals surface area contributed by atoms with E-state index < -0.39 is 17.9 Å². The number of carbonyl (C=O) groups excluding carboxylic acids is 3. The van der Waals surface area contributed by atoms with Crippen LogP contribution in [0.5, 0.6) is 0 Å². The molecule has 2 heterocycles. The molecule has 0 aromatic heterocycles. The summed E-state index contributed by atoms with van der Waals surface area (Å²) >= 11 is 6.32. The number of nitrogens with zero attached hydrogens (tertiary/aromatic N) is 2. The van der Waals surface area contributed by atoms with E-state index in [4.69, 9.17) is 17.0 Å². The van der Waals surface area contributed by atoms with Crippen molar-refractivity contribution < 1.29 is 19.1 Å². The van der Waals surface area contributed by atoms with E-state index in [1.54, 1.807) is 11.8 Å². The molecule has 0 radical (unpaired) electrons. The number of ether oxygens (including phenoxy) is 1. The maximum absolute atomic E-state index is 12.9. The maximum Gasteiger partial charge on any atom is 0.328 e. The average molecular weight is 376 g/mol. The van der Waals surface area contributed by atoms with Crippen LogP contribution in [0.4, 0.5) is 5.69 Å². The summed E-state index contributed by atoms with van der Waals surface area (Å²) in [6.45, 7) is 3.92. The van der Waals surface area contributed by atoms with E-state index >= 15 is 0 Å². The number of hydrogen-bond acceptors (Lipinski definition) is 6. The Balaban J connectivity index is 2.10. The first-order valence-corrected chi connectivity index (χ1v) is 8.93. The Kier molecular flexibility index (Phi) is 4.66. The van der Waals surface area contributed by atoms with Gasteiger partial charge >= 0.3 is 5.97 Å². The molecule has 1 aromatic rings. The first kappa shape index (κ1) is 17.6. The van der Waals surface area contributed by atoms with Crippen LogP contribution < -0.4 is 4.90 Å². The minimum atomic E-state index is -0.843. The van der Waals surface area contributed by atoms with Gasteiger partial charge in [0.2, 0.25) is 0 Å². The van der Waals surface area contributed by atoms with Gasteiger partial charge in [0.15, 0.2) is 0 Å². The molecule has 3 rings (SSSR count). The van der Waals surface area contributed by atoms with Crippen LogP contribution in [-0.2, 0) is 19.1 Å². The minimum absolute atomic E-state index is 0.227. The zero-order valence-electron chi connectivity index (χ0n) is 13.9. The highest BCUT2D eigenvalue weighted by Crippen LogP contribution is 2.44. The van der Waals surface area contributed by atoms with Gasteiger partial charge in [0, 0.05) is 12.1 Å². The Labute approximate surface area is 154 Å². The predicted octanol–water partition coefficient (Wildman–Crippen LogP) is 2.19. The summed E-state index contributed by atoms with van der Waals surface area (Å²) in [6.07, 6.45) is 0. The van der Waals surface area contributed by atoms with E-state index in [9.17, 15) is 14.4 Å². The number of fused-ring (bicyclic) bond motifs is 1. The molecule has 2 amide bonds. The van der Waals surface area contributed by atoms with Crippen molar-refractivity contribution in [2.24, 2.45) is 0 Å². The fourth-order valence-electron chi connectivity index (χ4n) is 2.95. The molecular weight excluding hydrogens is 360 g/mol. The van der Waals surface area contributed by atoms with Gasteiger partial charge in [-0.2, -0.15) is 0 Å². The normalized spacial score (nSPS) is 21.0. The highest BCUT2D eigenvalue weighted by atomic mass is 32.2. The van der Waals surface area contributed by atoms with E-state index in [0.29, 0.717) is 17.7 Å². The molecule has 1 saturated heterocycles. The molecule has 1 fully saturated rings. The molecule has 0 saturated carbocycles. The lowest BCUT2D eigenvalue weighted by Gasteiger charge is -2.20. The minimum Gasteiger partial charge on any atom is -0.467 e. The predicted molar refractivity (Wildman–Crippen MR) is 99.9 cm³/mol. The van der Waals surface area contributed by atoms with Crippen molar-refractivity contribution in [3.63, 3.8) is 0 Å². The van der Waals surface area contributed by atoms with E-state index in [2.05, 4.69) is 0 Å². The van der Waals surface area contributed by atoms with Crippen molar-refractivity contribution >= 4 is 57.3 Å². The fraction of sp³-hybridized carbons (Fsp3) is 0.294. The van der Waals surface area contributed by atoms with Gasteiger partial charge in [0.25, 0.3) is 11.8 Å². The van der Waals surface area contributed by atoms with Crippen LogP contribution in [0.15, 0.2) is 29.2 Å². The molecule has 130 valence electrons. The Bertz CT molecular complexity index is 834. The Morgan fingerprint density at radius 2 is 1.96 bits per heavy atom. The van der Waals surface area contributed by atoms with E-state index in [1.807, 2.05) is 31.2 Å². The highest BCUT2D eigenvalue weighted by molar-refractivity contribution is 8.26. The molecule has 6 nitrogen and oxygen atoms in total. The SMILES string of the molecule is CCN1C(=O)C(=C2SC(=S)N(C(C)C(=O)OC)C2=O)c2ccccc21. The molecule has 2 aliphatic heterocycles.